The van der Waals surface area contributed by atoms with Gasteiger partial charge in [0.15, 0.2) is 0 Å². The molecule has 104 valence electrons. The fourth-order valence-corrected chi connectivity index (χ4v) is 1.64. The third-order valence-electron chi connectivity index (χ3n) is 2.70. The highest BCUT2D eigenvalue weighted by Gasteiger charge is 2.16. The summed E-state index contributed by atoms with van der Waals surface area (Å²) in [5.74, 6) is 1.02. The molecular formula is C14H13NO5. The molecule has 0 spiro atoms. The summed E-state index contributed by atoms with van der Waals surface area (Å²) in [6.07, 6.45) is 0. The second kappa shape index (κ2) is 6.03. The monoisotopic (exact) mass is 275 g/mol. The van der Waals surface area contributed by atoms with E-state index in [1.165, 1.54) is 25.3 Å². The van der Waals surface area contributed by atoms with Gasteiger partial charge in [0.25, 0.3) is 0 Å². The van der Waals surface area contributed by atoms with Crippen LogP contribution in [0.15, 0.2) is 42.5 Å². The first-order valence-corrected chi connectivity index (χ1v) is 5.84. The summed E-state index contributed by atoms with van der Waals surface area (Å²) in [5, 5.41) is 19.9. The summed E-state index contributed by atoms with van der Waals surface area (Å²) in [6.45, 7) is -0.0699. The number of nitro benzene ring substituents is 1. The summed E-state index contributed by atoms with van der Waals surface area (Å²) in [4.78, 5) is 10.4. The minimum Gasteiger partial charge on any atom is -0.497 e. The molecule has 6 heteroatoms. The Hall–Kier alpha value is -2.60. The predicted octanol–water partition coefficient (Wildman–Crippen LogP) is 2.89. The summed E-state index contributed by atoms with van der Waals surface area (Å²) >= 11 is 0. The Bertz CT molecular complexity index is 609. The van der Waals surface area contributed by atoms with Crippen LogP contribution in [0.5, 0.6) is 17.2 Å². The zero-order valence-electron chi connectivity index (χ0n) is 10.8. The van der Waals surface area contributed by atoms with Gasteiger partial charge in [-0.2, -0.15) is 0 Å². The van der Waals surface area contributed by atoms with Gasteiger partial charge in [-0.25, -0.2) is 0 Å². The van der Waals surface area contributed by atoms with Crippen molar-refractivity contribution in [3.05, 3.63) is 58.1 Å². The lowest BCUT2D eigenvalue weighted by Gasteiger charge is -2.08. The number of hydrogen-bond acceptors (Lipinski definition) is 5. The van der Waals surface area contributed by atoms with Crippen LogP contribution in [0.1, 0.15) is 5.56 Å². The van der Waals surface area contributed by atoms with Crippen molar-refractivity contribution in [2.24, 2.45) is 0 Å². The number of hydrogen-bond donors (Lipinski definition) is 1. The van der Waals surface area contributed by atoms with Crippen molar-refractivity contribution in [1.82, 2.24) is 0 Å². The van der Waals surface area contributed by atoms with Crippen LogP contribution in [0.2, 0.25) is 0 Å². The minimum atomic E-state index is -0.517. The summed E-state index contributed by atoms with van der Waals surface area (Å²) < 4.78 is 10.5. The Morgan fingerprint density at radius 3 is 2.35 bits per heavy atom. The molecule has 0 fully saturated rings. The van der Waals surface area contributed by atoms with E-state index in [1.807, 2.05) is 0 Å². The molecule has 0 aromatic heterocycles. The quantitative estimate of drug-likeness (QED) is 0.670. The molecule has 0 aliphatic rings. The number of rotatable bonds is 5. The average molecular weight is 275 g/mol. The van der Waals surface area contributed by atoms with Crippen LogP contribution in [0.4, 0.5) is 5.69 Å². The van der Waals surface area contributed by atoms with Crippen LogP contribution in [0, 0.1) is 10.1 Å². The molecule has 0 heterocycles. The van der Waals surface area contributed by atoms with Crippen LogP contribution in [0.3, 0.4) is 0 Å². The molecule has 0 bridgehead atoms. The second-order valence-electron chi connectivity index (χ2n) is 3.99. The van der Waals surface area contributed by atoms with Crippen molar-refractivity contribution >= 4 is 5.69 Å². The molecule has 1 N–H and O–H groups in total. The van der Waals surface area contributed by atoms with Crippen molar-refractivity contribution in [2.75, 3.05) is 7.11 Å². The van der Waals surface area contributed by atoms with E-state index in [4.69, 9.17) is 14.6 Å². The highest BCUT2D eigenvalue weighted by Crippen LogP contribution is 2.34. The first-order valence-electron chi connectivity index (χ1n) is 5.84. The fraction of sp³-hybridized carbons (Fsp3) is 0.143. The molecule has 2 aromatic rings. The highest BCUT2D eigenvalue weighted by molar-refractivity contribution is 5.52. The van der Waals surface area contributed by atoms with Gasteiger partial charge in [-0.15, -0.1) is 0 Å². The third kappa shape index (κ3) is 3.04. The Balaban J connectivity index is 2.32. The number of aliphatic hydroxyl groups excluding tert-OH is 1. The van der Waals surface area contributed by atoms with Gasteiger partial charge >= 0.3 is 5.69 Å². The molecule has 0 atom stereocenters. The number of methoxy groups -OCH3 is 1. The van der Waals surface area contributed by atoms with E-state index in [1.54, 1.807) is 24.3 Å². The van der Waals surface area contributed by atoms with Crippen molar-refractivity contribution < 1.29 is 19.5 Å². The first kappa shape index (κ1) is 13.8. The van der Waals surface area contributed by atoms with E-state index in [0.717, 1.165) is 5.56 Å². The number of aliphatic hydroxyl groups is 1. The Kier molecular flexibility index (Phi) is 4.17. The minimum absolute atomic E-state index is 0.0699. The van der Waals surface area contributed by atoms with Gasteiger partial charge in [0.1, 0.15) is 11.5 Å². The van der Waals surface area contributed by atoms with Gasteiger partial charge < -0.3 is 14.6 Å². The third-order valence-corrected chi connectivity index (χ3v) is 2.70. The first-order chi connectivity index (χ1) is 9.63. The maximum atomic E-state index is 11.0. The lowest BCUT2D eigenvalue weighted by atomic mass is 10.2. The van der Waals surface area contributed by atoms with Crippen molar-refractivity contribution in [3.8, 4) is 17.2 Å². The van der Waals surface area contributed by atoms with Crippen molar-refractivity contribution in [1.29, 1.82) is 0 Å². The summed E-state index contributed by atoms with van der Waals surface area (Å²) in [5.41, 5.74) is 0.592. The molecule has 0 saturated carbocycles. The standard InChI is InChI=1S/C14H13NO5/c1-19-12-6-7-13(15(17)18)14(8-12)20-11-4-2-10(9-16)3-5-11/h2-8,16H,9H2,1H3. The number of ether oxygens (including phenoxy) is 2. The van der Waals surface area contributed by atoms with Crippen LogP contribution < -0.4 is 9.47 Å². The largest absolute Gasteiger partial charge is 0.497 e. The van der Waals surface area contributed by atoms with E-state index in [2.05, 4.69) is 0 Å². The van der Waals surface area contributed by atoms with Gasteiger partial charge in [0.2, 0.25) is 5.75 Å². The molecule has 0 saturated heterocycles. The maximum Gasteiger partial charge on any atom is 0.311 e. The van der Waals surface area contributed by atoms with E-state index in [9.17, 15) is 10.1 Å². The molecule has 0 aliphatic carbocycles. The zero-order chi connectivity index (χ0) is 14.5. The SMILES string of the molecule is COc1ccc([N+](=O)[O-])c(Oc2ccc(CO)cc2)c1. The number of nitro groups is 1. The van der Waals surface area contributed by atoms with E-state index >= 15 is 0 Å². The Morgan fingerprint density at radius 2 is 1.80 bits per heavy atom. The molecule has 6 nitrogen and oxygen atoms in total. The Labute approximate surface area is 115 Å². The highest BCUT2D eigenvalue weighted by atomic mass is 16.6. The maximum absolute atomic E-state index is 11.0. The topological polar surface area (TPSA) is 81.8 Å². The Morgan fingerprint density at radius 1 is 1.15 bits per heavy atom. The van der Waals surface area contributed by atoms with Crippen LogP contribution in [0.25, 0.3) is 0 Å². The van der Waals surface area contributed by atoms with Gasteiger partial charge in [-0.3, -0.25) is 10.1 Å². The van der Waals surface area contributed by atoms with Crippen LogP contribution >= 0.6 is 0 Å². The summed E-state index contributed by atoms with van der Waals surface area (Å²) in [7, 11) is 1.47. The molecule has 0 radical (unpaired) electrons. The molecule has 0 unspecified atom stereocenters. The van der Waals surface area contributed by atoms with Gasteiger partial charge in [0, 0.05) is 12.1 Å². The zero-order valence-corrected chi connectivity index (χ0v) is 10.8. The normalized spacial score (nSPS) is 10.1. The molecule has 2 aromatic carbocycles. The number of nitrogens with zero attached hydrogens (tertiary/aromatic N) is 1. The lowest BCUT2D eigenvalue weighted by molar-refractivity contribution is -0.385. The molecular weight excluding hydrogens is 262 g/mol. The van der Waals surface area contributed by atoms with E-state index in [-0.39, 0.29) is 18.0 Å². The van der Waals surface area contributed by atoms with Gasteiger partial charge in [-0.05, 0) is 23.8 Å². The molecule has 0 amide bonds. The summed E-state index contributed by atoms with van der Waals surface area (Å²) in [6, 6.07) is 10.9. The van der Waals surface area contributed by atoms with Crippen LogP contribution in [-0.4, -0.2) is 17.1 Å². The fourth-order valence-electron chi connectivity index (χ4n) is 1.64. The van der Waals surface area contributed by atoms with Crippen molar-refractivity contribution in [2.45, 2.75) is 6.61 Å². The van der Waals surface area contributed by atoms with E-state index < -0.39 is 4.92 Å². The second-order valence-corrected chi connectivity index (χ2v) is 3.99. The molecule has 0 aliphatic heterocycles. The predicted molar refractivity (Wildman–Crippen MR) is 72.1 cm³/mol. The number of benzene rings is 2. The van der Waals surface area contributed by atoms with Crippen LogP contribution in [-0.2, 0) is 6.61 Å². The smallest absolute Gasteiger partial charge is 0.311 e. The van der Waals surface area contributed by atoms with Gasteiger partial charge in [-0.1, -0.05) is 12.1 Å². The van der Waals surface area contributed by atoms with Crippen molar-refractivity contribution in [3.63, 3.8) is 0 Å². The lowest BCUT2D eigenvalue weighted by Crippen LogP contribution is -1.94. The average Bonchev–Trinajstić information content (AvgIpc) is 2.47. The van der Waals surface area contributed by atoms with E-state index in [0.29, 0.717) is 11.5 Å². The van der Waals surface area contributed by atoms with Gasteiger partial charge in [0.05, 0.1) is 18.6 Å². The molecule has 2 rings (SSSR count). The molecule has 20 heavy (non-hydrogen) atoms.